The molecule has 0 bridgehead atoms. The Kier molecular flexibility index (Phi) is 23.3. The maximum absolute atomic E-state index is 13.1. The number of nitrogens with zero attached hydrogens (tertiary/aromatic N) is 3. The summed E-state index contributed by atoms with van der Waals surface area (Å²) in [6, 6.07) is -1.75. The van der Waals surface area contributed by atoms with Crippen molar-refractivity contribution in [2.24, 2.45) is 5.73 Å². The lowest BCUT2D eigenvalue weighted by Gasteiger charge is -2.26. The molecule has 0 aliphatic carbocycles. The van der Waals surface area contributed by atoms with Crippen LogP contribution >= 0.6 is 0 Å². The van der Waals surface area contributed by atoms with Crippen molar-refractivity contribution in [1.29, 1.82) is 0 Å². The standard InChI is InChI=1S/C32H60N8O7/c1-7-8-9-10-11-12-13-17-26(41)35-20-18-29(44)39(5)23-30(45)38(4)21-28(43)37-25(16-14-15-19-33)32(47)40(6)22-27(42)36-24(2)31(46)34-3/h24-25H,7-23,33H2,1-6H3,(H,34,46)(H,35,41)(H,36,42)(H,37,43)/t24?,25-/m0/s1. The SMILES string of the molecule is CCCCCCCCCC(=O)NCCC(=O)N(C)CC(=O)N(C)CC(=O)N[C@@H](CCCCN)C(=O)N(C)CC(=O)NC(C)C(=O)NC. The number of nitrogens with one attached hydrogen (secondary N) is 4. The Morgan fingerprint density at radius 2 is 1.23 bits per heavy atom. The summed E-state index contributed by atoms with van der Waals surface area (Å²) in [5.41, 5.74) is 5.58. The Hall–Kier alpha value is -3.75. The van der Waals surface area contributed by atoms with Crippen LogP contribution in [0.1, 0.15) is 90.9 Å². The minimum absolute atomic E-state index is 0.0413. The number of carbonyl (C=O) groups is 7. The summed E-state index contributed by atoms with van der Waals surface area (Å²) < 4.78 is 0. The normalized spacial score (nSPS) is 11.9. The van der Waals surface area contributed by atoms with E-state index < -0.39 is 35.7 Å². The summed E-state index contributed by atoms with van der Waals surface area (Å²) in [6.45, 7) is 3.31. The fraction of sp³-hybridized carbons (Fsp3) is 0.781. The second kappa shape index (κ2) is 25.4. The molecule has 0 aromatic rings. The second-order valence-electron chi connectivity index (χ2n) is 12.0. The Bertz CT molecular complexity index is 1010. The first kappa shape index (κ1) is 43.2. The van der Waals surface area contributed by atoms with Gasteiger partial charge >= 0.3 is 0 Å². The molecule has 0 spiro atoms. The Morgan fingerprint density at radius 3 is 1.85 bits per heavy atom. The zero-order valence-electron chi connectivity index (χ0n) is 29.5. The van der Waals surface area contributed by atoms with Gasteiger partial charge in [0.2, 0.25) is 41.4 Å². The molecule has 0 aliphatic heterocycles. The van der Waals surface area contributed by atoms with Gasteiger partial charge in [-0.3, -0.25) is 33.6 Å². The molecule has 0 saturated heterocycles. The highest BCUT2D eigenvalue weighted by Crippen LogP contribution is 2.08. The third-order valence-corrected chi connectivity index (χ3v) is 7.63. The minimum atomic E-state index is -0.961. The first-order valence-corrected chi connectivity index (χ1v) is 16.8. The maximum atomic E-state index is 13.1. The molecule has 0 rings (SSSR count). The Balaban J connectivity index is 4.76. The van der Waals surface area contributed by atoms with Crippen molar-refractivity contribution >= 4 is 41.4 Å². The molecule has 0 heterocycles. The molecular weight excluding hydrogens is 608 g/mol. The van der Waals surface area contributed by atoms with Crippen LogP contribution in [0.15, 0.2) is 0 Å². The van der Waals surface area contributed by atoms with Crippen molar-refractivity contribution in [1.82, 2.24) is 36.0 Å². The van der Waals surface area contributed by atoms with Crippen LogP contribution in [0.5, 0.6) is 0 Å². The highest BCUT2D eigenvalue weighted by Gasteiger charge is 2.27. The molecule has 15 nitrogen and oxygen atoms in total. The first-order chi connectivity index (χ1) is 22.3. The molecule has 270 valence electrons. The van der Waals surface area contributed by atoms with Crippen molar-refractivity contribution in [2.45, 2.75) is 103 Å². The largest absolute Gasteiger partial charge is 0.357 e. The predicted molar refractivity (Wildman–Crippen MR) is 180 cm³/mol. The smallest absolute Gasteiger partial charge is 0.245 e. The van der Waals surface area contributed by atoms with Crippen LogP contribution in [-0.2, 0) is 33.6 Å². The lowest BCUT2D eigenvalue weighted by molar-refractivity contribution is -0.141. The molecule has 0 radical (unpaired) electrons. The van der Waals surface area contributed by atoms with Gasteiger partial charge in [-0.25, -0.2) is 0 Å². The van der Waals surface area contributed by atoms with Crippen LogP contribution in [0.3, 0.4) is 0 Å². The fourth-order valence-electron chi connectivity index (χ4n) is 4.66. The predicted octanol–water partition coefficient (Wildman–Crippen LogP) is -0.127. The van der Waals surface area contributed by atoms with E-state index in [4.69, 9.17) is 5.73 Å². The van der Waals surface area contributed by atoms with Crippen LogP contribution in [0.2, 0.25) is 0 Å². The quantitative estimate of drug-likeness (QED) is 0.0828. The van der Waals surface area contributed by atoms with Crippen LogP contribution in [0.25, 0.3) is 0 Å². The molecule has 7 amide bonds. The highest BCUT2D eigenvalue weighted by atomic mass is 16.2. The number of carbonyl (C=O) groups excluding carboxylic acids is 7. The van der Waals surface area contributed by atoms with Crippen molar-refractivity contribution in [3.05, 3.63) is 0 Å². The monoisotopic (exact) mass is 668 g/mol. The summed E-state index contributed by atoms with van der Waals surface area (Å²) in [6.07, 6.45) is 9.70. The van der Waals surface area contributed by atoms with Gasteiger partial charge in [0.15, 0.2) is 0 Å². The second-order valence-corrected chi connectivity index (χ2v) is 12.0. The summed E-state index contributed by atoms with van der Waals surface area (Å²) in [5, 5.41) is 10.3. The molecule has 47 heavy (non-hydrogen) atoms. The average molecular weight is 669 g/mol. The van der Waals surface area contributed by atoms with Crippen molar-refractivity contribution in [2.75, 3.05) is 60.9 Å². The zero-order valence-corrected chi connectivity index (χ0v) is 29.5. The van der Waals surface area contributed by atoms with Gasteiger partial charge in [-0.1, -0.05) is 45.4 Å². The minimum Gasteiger partial charge on any atom is -0.357 e. The van der Waals surface area contributed by atoms with Crippen molar-refractivity contribution in [3.63, 3.8) is 0 Å². The van der Waals surface area contributed by atoms with Crippen molar-refractivity contribution in [3.8, 4) is 0 Å². The van der Waals surface area contributed by atoms with Gasteiger partial charge in [-0.2, -0.15) is 0 Å². The Morgan fingerprint density at radius 1 is 0.660 bits per heavy atom. The van der Waals surface area contributed by atoms with Gasteiger partial charge in [-0.05, 0) is 39.2 Å². The summed E-state index contributed by atoms with van der Waals surface area (Å²) >= 11 is 0. The van der Waals surface area contributed by atoms with Gasteiger partial charge in [-0.15, -0.1) is 0 Å². The number of hydrogen-bond acceptors (Lipinski definition) is 8. The van der Waals surface area contributed by atoms with E-state index in [2.05, 4.69) is 28.2 Å². The molecule has 0 fully saturated rings. The molecule has 1 unspecified atom stereocenters. The number of amides is 7. The average Bonchev–Trinajstić information content (AvgIpc) is 3.02. The van der Waals surface area contributed by atoms with Crippen LogP contribution in [0.4, 0.5) is 0 Å². The van der Waals surface area contributed by atoms with E-state index in [0.717, 1.165) is 29.1 Å². The third-order valence-electron chi connectivity index (χ3n) is 7.63. The van der Waals surface area contributed by atoms with Crippen LogP contribution in [-0.4, -0.2) is 129 Å². The number of unbranched alkanes of at least 4 members (excludes halogenated alkanes) is 7. The van der Waals surface area contributed by atoms with Gasteiger partial charge < -0.3 is 41.7 Å². The number of likely N-dealkylation sites (N-methyl/N-ethyl adjacent to an activating group) is 4. The topological polar surface area (TPSA) is 203 Å². The zero-order chi connectivity index (χ0) is 35.8. The third kappa shape index (κ3) is 20.2. The van der Waals surface area contributed by atoms with E-state index in [0.29, 0.717) is 25.8 Å². The number of hydrogen-bond donors (Lipinski definition) is 5. The van der Waals surface area contributed by atoms with Crippen LogP contribution < -0.4 is 27.0 Å². The number of nitrogens with two attached hydrogens (primary N) is 1. The van der Waals surface area contributed by atoms with E-state index in [1.807, 2.05) is 0 Å². The van der Waals surface area contributed by atoms with Gasteiger partial charge in [0.1, 0.15) is 12.1 Å². The first-order valence-electron chi connectivity index (χ1n) is 16.8. The number of rotatable bonds is 25. The lowest BCUT2D eigenvalue weighted by atomic mass is 10.1. The maximum Gasteiger partial charge on any atom is 0.245 e. The lowest BCUT2D eigenvalue weighted by Crippen LogP contribution is -2.53. The van der Waals surface area contributed by atoms with Crippen LogP contribution in [0, 0.1) is 0 Å². The van der Waals surface area contributed by atoms with Gasteiger partial charge in [0, 0.05) is 47.6 Å². The highest BCUT2D eigenvalue weighted by molar-refractivity contribution is 5.93. The van der Waals surface area contributed by atoms with E-state index in [1.165, 1.54) is 65.7 Å². The molecule has 6 N–H and O–H groups in total. The molecule has 2 atom stereocenters. The summed E-state index contributed by atoms with van der Waals surface area (Å²) in [7, 11) is 5.75. The summed E-state index contributed by atoms with van der Waals surface area (Å²) in [4.78, 5) is 90.8. The van der Waals surface area contributed by atoms with E-state index >= 15 is 0 Å². The van der Waals surface area contributed by atoms with E-state index in [9.17, 15) is 33.6 Å². The van der Waals surface area contributed by atoms with Gasteiger partial charge in [0.25, 0.3) is 0 Å². The van der Waals surface area contributed by atoms with E-state index in [-0.39, 0.29) is 56.7 Å². The Labute approximate surface area is 280 Å². The molecular formula is C32H60N8O7. The molecule has 0 saturated carbocycles. The van der Waals surface area contributed by atoms with Gasteiger partial charge in [0.05, 0.1) is 19.6 Å². The van der Waals surface area contributed by atoms with E-state index in [1.54, 1.807) is 0 Å². The summed E-state index contributed by atoms with van der Waals surface area (Å²) in [5.74, 6) is -2.92. The molecule has 0 aromatic heterocycles. The molecule has 0 aliphatic rings. The molecule has 0 aromatic carbocycles. The van der Waals surface area contributed by atoms with Crippen molar-refractivity contribution < 1.29 is 33.6 Å². The molecule has 15 heteroatoms. The fourth-order valence-corrected chi connectivity index (χ4v) is 4.66.